The van der Waals surface area contributed by atoms with Crippen molar-refractivity contribution in [2.24, 2.45) is 11.8 Å². The van der Waals surface area contributed by atoms with Crippen LogP contribution in [0.5, 0.6) is 0 Å². The summed E-state index contributed by atoms with van der Waals surface area (Å²) in [6.45, 7) is 6.16. The SMILES string of the molecule is C=C(C#N)C(=O)CC[C@@H](NC(=O)[C@@H](CC(C)=O)Cc1nc2ccc(Cl)cc2s1)C1CCOCC1. The Bertz CT molecular complexity index is 1120. The summed E-state index contributed by atoms with van der Waals surface area (Å²) >= 11 is 7.54. The molecular weight excluding hydrogens is 474 g/mol. The van der Waals surface area contributed by atoms with Gasteiger partial charge in [0.05, 0.1) is 26.7 Å². The molecule has 2 atom stereocenters. The molecule has 9 heteroatoms. The van der Waals surface area contributed by atoms with Crippen molar-refractivity contribution in [3.63, 3.8) is 0 Å². The molecule has 1 saturated heterocycles. The molecule has 0 saturated carbocycles. The number of nitrogens with one attached hydrogen (secondary N) is 1. The van der Waals surface area contributed by atoms with Crippen LogP contribution in [-0.2, 0) is 25.5 Å². The second-order valence-electron chi connectivity index (χ2n) is 8.64. The fourth-order valence-electron chi connectivity index (χ4n) is 4.19. The van der Waals surface area contributed by atoms with Gasteiger partial charge < -0.3 is 14.8 Å². The van der Waals surface area contributed by atoms with E-state index in [0.717, 1.165) is 28.1 Å². The minimum absolute atomic E-state index is 0.0765. The fraction of sp³-hybridized carbons (Fsp3) is 0.480. The van der Waals surface area contributed by atoms with Crippen LogP contribution in [0.2, 0.25) is 5.02 Å². The molecule has 1 N–H and O–H groups in total. The molecule has 180 valence electrons. The average molecular weight is 502 g/mol. The molecular formula is C25H28ClN3O4S. The van der Waals surface area contributed by atoms with Crippen LogP contribution in [0, 0.1) is 23.2 Å². The number of fused-ring (bicyclic) bond motifs is 1. The lowest BCUT2D eigenvalue weighted by Gasteiger charge is -2.32. The number of carbonyl (C=O) groups excluding carboxylic acids is 3. The first-order chi connectivity index (χ1) is 16.3. The number of ether oxygens (including phenoxy) is 1. The van der Waals surface area contributed by atoms with Gasteiger partial charge in [0.1, 0.15) is 11.9 Å². The molecule has 1 aromatic carbocycles. The number of nitriles is 1. The van der Waals surface area contributed by atoms with Crippen molar-refractivity contribution in [1.29, 1.82) is 5.26 Å². The van der Waals surface area contributed by atoms with Gasteiger partial charge in [-0.3, -0.25) is 9.59 Å². The van der Waals surface area contributed by atoms with E-state index in [-0.39, 0.29) is 47.8 Å². The molecule has 3 rings (SSSR count). The summed E-state index contributed by atoms with van der Waals surface area (Å²) in [6.07, 6.45) is 2.52. The highest BCUT2D eigenvalue weighted by molar-refractivity contribution is 7.18. The van der Waals surface area contributed by atoms with Crippen LogP contribution in [0.3, 0.4) is 0 Å². The van der Waals surface area contributed by atoms with Gasteiger partial charge in [0.25, 0.3) is 0 Å². The molecule has 0 spiro atoms. The van der Waals surface area contributed by atoms with E-state index in [1.807, 2.05) is 12.1 Å². The zero-order valence-corrected chi connectivity index (χ0v) is 20.7. The second-order valence-corrected chi connectivity index (χ2v) is 10.2. The Balaban J connectivity index is 1.74. The molecule has 0 radical (unpaired) electrons. The standard InChI is InChI=1S/C25H28ClN3O4S/c1-15(14-27)22(31)6-5-20(17-7-9-33-10-8-17)29-25(32)18(11-16(2)30)12-24-28-21-4-3-19(26)13-23(21)34-24/h3-4,13,17-18,20H,1,5-12H2,2H3,(H,29,32)/t18-,20+/m0/s1. The minimum Gasteiger partial charge on any atom is -0.381 e. The lowest BCUT2D eigenvalue weighted by atomic mass is 9.87. The third kappa shape index (κ3) is 7.20. The Morgan fingerprint density at radius 2 is 2.09 bits per heavy atom. The van der Waals surface area contributed by atoms with Crippen molar-refractivity contribution in [3.8, 4) is 6.07 Å². The van der Waals surface area contributed by atoms with Gasteiger partial charge in [-0.1, -0.05) is 18.2 Å². The molecule has 1 fully saturated rings. The Labute approximate surface area is 208 Å². The monoisotopic (exact) mass is 501 g/mol. The molecule has 0 bridgehead atoms. The van der Waals surface area contributed by atoms with Gasteiger partial charge in [0, 0.05) is 43.5 Å². The lowest BCUT2D eigenvalue weighted by Crippen LogP contribution is -2.45. The van der Waals surface area contributed by atoms with E-state index in [0.29, 0.717) is 31.1 Å². The lowest BCUT2D eigenvalue weighted by molar-refractivity contribution is -0.130. The predicted molar refractivity (Wildman–Crippen MR) is 132 cm³/mol. The zero-order valence-electron chi connectivity index (χ0n) is 19.1. The number of benzene rings is 1. The van der Waals surface area contributed by atoms with Gasteiger partial charge in [-0.2, -0.15) is 5.26 Å². The molecule has 2 heterocycles. The maximum atomic E-state index is 13.3. The van der Waals surface area contributed by atoms with Gasteiger partial charge >= 0.3 is 0 Å². The number of carbonyl (C=O) groups is 3. The molecule has 0 aliphatic carbocycles. The number of amides is 1. The van der Waals surface area contributed by atoms with Crippen molar-refractivity contribution < 1.29 is 19.1 Å². The summed E-state index contributed by atoms with van der Waals surface area (Å²) < 4.78 is 6.39. The van der Waals surface area contributed by atoms with E-state index < -0.39 is 5.92 Å². The van der Waals surface area contributed by atoms with Crippen molar-refractivity contribution in [1.82, 2.24) is 10.3 Å². The smallest absolute Gasteiger partial charge is 0.224 e. The highest BCUT2D eigenvalue weighted by Gasteiger charge is 2.30. The average Bonchev–Trinajstić information content (AvgIpc) is 3.22. The summed E-state index contributed by atoms with van der Waals surface area (Å²) in [5, 5.41) is 13.4. The molecule has 1 aliphatic rings. The normalized spacial score (nSPS) is 15.9. The number of Topliss-reactive ketones (excluding diaryl/α,β-unsaturated/α-hetero) is 2. The summed E-state index contributed by atoms with van der Waals surface area (Å²) in [7, 11) is 0. The van der Waals surface area contributed by atoms with Gasteiger partial charge in [-0.05, 0) is 50.3 Å². The van der Waals surface area contributed by atoms with E-state index in [9.17, 15) is 14.4 Å². The Hall–Kier alpha value is -2.60. The van der Waals surface area contributed by atoms with Crippen molar-refractivity contribution in [2.75, 3.05) is 13.2 Å². The van der Waals surface area contributed by atoms with Crippen LogP contribution < -0.4 is 5.32 Å². The summed E-state index contributed by atoms with van der Waals surface area (Å²) in [4.78, 5) is 42.1. The van der Waals surface area contributed by atoms with Gasteiger partial charge in [-0.15, -0.1) is 11.3 Å². The quantitative estimate of drug-likeness (QED) is 0.360. The zero-order chi connectivity index (χ0) is 24.7. The Kier molecular flexibility index (Phi) is 9.34. The maximum Gasteiger partial charge on any atom is 0.224 e. The number of allylic oxidation sites excluding steroid dienone is 1. The maximum absolute atomic E-state index is 13.3. The van der Waals surface area contributed by atoms with Crippen LogP contribution >= 0.6 is 22.9 Å². The van der Waals surface area contributed by atoms with Gasteiger partial charge in [0.2, 0.25) is 5.91 Å². The highest BCUT2D eigenvalue weighted by atomic mass is 35.5. The van der Waals surface area contributed by atoms with Crippen molar-refractivity contribution in [3.05, 3.63) is 40.4 Å². The van der Waals surface area contributed by atoms with E-state index in [4.69, 9.17) is 21.6 Å². The van der Waals surface area contributed by atoms with Crippen LogP contribution in [-0.4, -0.2) is 41.7 Å². The number of thiazole rings is 1. The number of ketones is 2. The number of aromatic nitrogens is 1. The number of rotatable bonds is 11. The van der Waals surface area contributed by atoms with Crippen LogP contribution in [0.1, 0.15) is 44.0 Å². The second kappa shape index (κ2) is 12.2. The first kappa shape index (κ1) is 26.0. The minimum atomic E-state index is -0.569. The first-order valence-corrected chi connectivity index (χ1v) is 12.5. The number of nitrogens with zero attached hydrogens (tertiary/aromatic N) is 2. The van der Waals surface area contributed by atoms with E-state index in [1.54, 1.807) is 12.1 Å². The number of halogens is 1. The third-order valence-electron chi connectivity index (χ3n) is 6.04. The molecule has 2 aromatic rings. The summed E-state index contributed by atoms with van der Waals surface area (Å²) in [5.41, 5.74) is 0.727. The van der Waals surface area contributed by atoms with Gasteiger partial charge in [-0.25, -0.2) is 4.98 Å². The third-order valence-corrected chi connectivity index (χ3v) is 7.31. The number of hydrogen-bond acceptors (Lipinski definition) is 7. The molecule has 1 aromatic heterocycles. The first-order valence-electron chi connectivity index (χ1n) is 11.3. The van der Waals surface area contributed by atoms with E-state index in [2.05, 4.69) is 16.9 Å². The predicted octanol–water partition coefficient (Wildman–Crippen LogP) is 4.43. The highest BCUT2D eigenvalue weighted by Crippen LogP contribution is 2.28. The Morgan fingerprint density at radius 1 is 1.35 bits per heavy atom. The van der Waals surface area contributed by atoms with Crippen LogP contribution in [0.25, 0.3) is 10.2 Å². The Morgan fingerprint density at radius 3 is 2.76 bits per heavy atom. The van der Waals surface area contributed by atoms with Crippen molar-refractivity contribution in [2.45, 2.75) is 51.5 Å². The van der Waals surface area contributed by atoms with Crippen molar-refractivity contribution >= 4 is 50.6 Å². The number of hydrogen-bond donors (Lipinski definition) is 1. The topological polar surface area (TPSA) is 109 Å². The fourth-order valence-corrected chi connectivity index (χ4v) is 5.52. The van der Waals surface area contributed by atoms with E-state index >= 15 is 0 Å². The summed E-state index contributed by atoms with van der Waals surface area (Å²) in [6, 6.07) is 6.98. The molecule has 0 unspecified atom stereocenters. The van der Waals surface area contributed by atoms with Crippen LogP contribution in [0.4, 0.5) is 0 Å². The molecule has 1 aliphatic heterocycles. The van der Waals surface area contributed by atoms with E-state index in [1.165, 1.54) is 18.3 Å². The molecule has 34 heavy (non-hydrogen) atoms. The molecule has 7 nitrogen and oxygen atoms in total. The van der Waals surface area contributed by atoms with Crippen LogP contribution in [0.15, 0.2) is 30.4 Å². The molecule has 1 amide bonds. The largest absolute Gasteiger partial charge is 0.381 e. The summed E-state index contributed by atoms with van der Waals surface area (Å²) in [5.74, 6) is -1.03. The van der Waals surface area contributed by atoms with Gasteiger partial charge in [0.15, 0.2) is 5.78 Å².